The Balaban J connectivity index is 0.00000176. The van der Waals surface area contributed by atoms with Crippen LogP contribution >= 0.6 is 23.7 Å². The highest BCUT2D eigenvalue weighted by Gasteiger charge is 2.21. The van der Waals surface area contributed by atoms with E-state index in [4.69, 9.17) is 0 Å². The molecule has 0 N–H and O–H groups in total. The Hall–Kier alpha value is -2.03. The van der Waals surface area contributed by atoms with Gasteiger partial charge in [0.25, 0.3) is 5.91 Å². The van der Waals surface area contributed by atoms with E-state index in [0.717, 1.165) is 23.8 Å². The van der Waals surface area contributed by atoms with Crippen molar-refractivity contribution in [2.75, 3.05) is 31.1 Å². The molecule has 22 heavy (non-hydrogen) atoms. The Morgan fingerprint density at radius 1 is 1.14 bits per heavy atom. The van der Waals surface area contributed by atoms with E-state index < -0.39 is 0 Å². The average molecular weight is 334 g/mol. The smallest absolute Gasteiger partial charge is 0.298 e. The first kappa shape index (κ1) is 16.3. The molecule has 0 atom stereocenters. The largest absolute Gasteiger partial charge is 0.345 e. The first-order valence-corrected chi connectivity index (χ1v) is 7.71. The second-order valence-electron chi connectivity index (χ2n) is 4.71. The topological polar surface area (TPSA) is 36.4 Å². The normalized spacial score (nSPS) is 13.8. The summed E-state index contributed by atoms with van der Waals surface area (Å²) < 4.78 is 0. The van der Waals surface area contributed by atoms with E-state index in [1.165, 1.54) is 0 Å². The van der Waals surface area contributed by atoms with Crippen LogP contribution in [-0.4, -0.2) is 42.0 Å². The molecule has 2 heterocycles. The summed E-state index contributed by atoms with van der Waals surface area (Å²) in [5.74, 6) is 5.54. The number of thiazole rings is 1. The van der Waals surface area contributed by atoms with Gasteiger partial charge in [-0.1, -0.05) is 24.1 Å². The minimum atomic E-state index is -0.0994. The fraction of sp³-hybridized carbons (Fsp3) is 0.250. The van der Waals surface area contributed by atoms with Crippen LogP contribution in [0.1, 0.15) is 5.56 Å². The van der Waals surface area contributed by atoms with Crippen molar-refractivity contribution in [3.8, 4) is 11.8 Å². The van der Waals surface area contributed by atoms with Gasteiger partial charge in [0, 0.05) is 49.2 Å². The number of hydrogen-bond acceptors (Lipinski definition) is 4. The van der Waals surface area contributed by atoms with Crippen molar-refractivity contribution < 1.29 is 4.79 Å². The summed E-state index contributed by atoms with van der Waals surface area (Å²) in [6.45, 7) is 3.02. The summed E-state index contributed by atoms with van der Waals surface area (Å²) in [4.78, 5) is 20.4. The number of halogens is 1. The first-order chi connectivity index (χ1) is 10.3. The summed E-state index contributed by atoms with van der Waals surface area (Å²) in [7, 11) is 0. The third-order valence-corrected chi connectivity index (χ3v) is 4.18. The van der Waals surface area contributed by atoms with Crippen LogP contribution in [0, 0.1) is 11.8 Å². The van der Waals surface area contributed by atoms with Crippen LogP contribution < -0.4 is 4.90 Å². The lowest BCUT2D eigenvalue weighted by atomic mass is 10.2. The van der Waals surface area contributed by atoms with Crippen LogP contribution in [0.15, 0.2) is 41.9 Å². The Morgan fingerprint density at radius 2 is 1.86 bits per heavy atom. The molecule has 1 saturated heterocycles. The molecule has 0 aliphatic carbocycles. The maximum Gasteiger partial charge on any atom is 0.298 e. The Labute approximate surface area is 140 Å². The molecule has 114 valence electrons. The van der Waals surface area contributed by atoms with Crippen molar-refractivity contribution >= 4 is 34.8 Å². The lowest BCUT2D eigenvalue weighted by Crippen LogP contribution is -2.48. The molecule has 6 heteroatoms. The summed E-state index contributed by atoms with van der Waals surface area (Å²) in [6, 6.07) is 9.58. The van der Waals surface area contributed by atoms with Crippen molar-refractivity contribution in [1.29, 1.82) is 0 Å². The van der Waals surface area contributed by atoms with E-state index in [2.05, 4.69) is 21.7 Å². The molecule has 1 amide bonds. The molecule has 3 rings (SSSR count). The Kier molecular flexibility index (Phi) is 5.82. The Morgan fingerprint density at radius 3 is 2.50 bits per heavy atom. The van der Waals surface area contributed by atoms with Gasteiger partial charge in [0.2, 0.25) is 0 Å². The summed E-state index contributed by atoms with van der Waals surface area (Å²) >= 11 is 1.63. The molecule has 1 fully saturated rings. The van der Waals surface area contributed by atoms with E-state index >= 15 is 0 Å². The second-order valence-corrected chi connectivity index (χ2v) is 5.58. The number of piperazine rings is 1. The monoisotopic (exact) mass is 333 g/mol. The van der Waals surface area contributed by atoms with Gasteiger partial charge in [0.05, 0.1) is 0 Å². The number of nitrogens with zero attached hydrogens (tertiary/aromatic N) is 3. The lowest BCUT2D eigenvalue weighted by molar-refractivity contribution is -0.125. The van der Waals surface area contributed by atoms with E-state index in [1.54, 1.807) is 16.2 Å². The molecule has 0 bridgehead atoms. The van der Waals surface area contributed by atoms with Gasteiger partial charge in [0.15, 0.2) is 5.13 Å². The fourth-order valence-corrected chi connectivity index (χ4v) is 2.90. The highest BCUT2D eigenvalue weighted by molar-refractivity contribution is 7.13. The summed E-state index contributed by atoms with van der Waals surface area (Å²) in [6.07, 6.45) is 1.81. The fourth-order valence-electron chi connectivity index (χ4n) is 2.20. The van der Waals surface area contributed by atoms with Crippen molar-refractivity contribution in [1.82, 2.24) is 9.88 Å². The van der Waals surface area contributed by atoms with Gasteiger partial charge in [0.1, 0.15) is 0 Å². The number of benzene rings is 1. The maximum atomic E-state index is 12.1. The number of aromatic nitrogens is 1. The second kappa shape index (κ2) is 7.83. The van der Waals surface area contributed by atoms with Gasteiger partial charge >= 0.3 is 0 Å². The molecule has 0 unspecified atom stereocenters. The molecular formula is C16H16ClN3OS. The minimum Gasteiger partial charge on any atom is -0.345 e. The molecule has 2 aromatic rings. The highest BCUT2D eigenvalue weighted by Crippen LogP contribution is 2.18. The molecule has 1 aliphatic heterocycles. The molecule has 0 saturated carbocycles. The van der Waals surface area contributed by atoms with Gasteiger partial charge < -0.3 is 9.80 Å². The third-order valence-electron chi connectivity index (χ3n) is 3.34. The average Bonchev–Trinajstić information content (AvgIpc) is 3.08. The van der Waals surface area contributed by atoms with Crippen molar-refractivity contribution in [3.05, 3.63) is 47.5 Å². The molecule has 1 aliphatic rings. The van der Waals surface area contributed by atoms with Crippen LogP contribution in [0.25, 0.3) is 0 Å². The highest BCUT2D eigenvalue weighted by atomic mass is 35.5. The number of hydrogen-bond donors (Lipinski definition) is 0. The zero-order valence-corrected chi connectivity index (χ0v) is 13.6. The first-order valence-electron chi connectivity index (χ1n) is 6.83. The van der Waals surface area contributed by atoms with E-state index in [9.17, 15) is 4.79 Å². The lowest BCUT2D eigenvalue weighted by Gasteiger charge is -2.33. The van der Waals surface area contributed by atoms with Gasteiger partial charge in [-0.2, -0.15) is 0 Å². The van der Waals surface area contributed by atoms with Crippen molar-refractivity contribution in [2.45, 2.75) is 0 Å². The van der Waals surface area contributed by atoms with Crippen LogP contribution in [-0.2, 0) is 4.79 Å². The third kappa shape index (κ3) is 4.00. The van der Waals surface area contributed by atoms with E-state index in [1.807, 2.05) is 41.9 Å². The zero-order valence-electron chi connectivity index (χ0n) is 11.9. The standard InChI is InChI=1S/C16H15N3OS.ClH/c20-15(7-6-14-4-2-1-3-5-14)18-9-11-19(12-10-18)16-17-8-13-21-16;/h1-5,8,13H,9-12H2;1H. The van der Waals surface area contributed by atoms with Crippen LogP contribution in [0.5, 0.6) is 0 Å². The van der Waals surface area contributed by atoms with Crippen LogP contribution in [0.2, 0.25) is 0 Å². The molecular weight excluding hydrogens is 318 g/mol. The minimum absolute atomic E-state index is 0. The number of amides is 1. The predicted molar refractivity (Wildman–Crippen MR) is 91.5 cm³/mol. The van der Waals surface area contributed by atoms with Gasteiger partial charge in [-0.15, -0.1) is 23.7 Å². The van der Waals surface area contributed by atoms with Gasteiger partial charge in [-0.05, 0) is 12.1 Å². The predicted octanol–water partition coefficient (Wildman–Crippen LogP) is 2.27. The van der Waals surface area contributed by atoms with Crippen molar-refractivity contribution in [3.63, 3.8) is 0 Å². The Bertz CT molecular complexity index is 656. The number of rotatable bonds is 1. The molecule has 1 aromatic carbocycles. The zero-order chi connectivity index (χ0) is 14.5. The number of carbonyl (C=O) groups excluding carboxylic acids is 1. The molecule has 0 spiro atoms. The van der Waals surface area contributed by atoms with Crippen LogP contribution in [0.3, 0.4) is 0 Å². The van der Waals surface area contributed by atoms with E-state index in [0.29, 0.717) is 13.1 Å². The number of anilines is 1. The van der Waals surface area contributed by atoms with Crippen molar-refractivity contribution in [2.24, 2.45) is 0 Å². The molecule has 0 radical (unpaired) electrons. The van der Waals surface area contributed by atoms with Gasteiger partial charge in [-0.25, -0.2) is 4.98 Å². The van der Waals surface area contributed by atoms with E-state index in [-0.39, 0.29) is 18.3 Å². The molecule has 1 aromatic heterocycles. The summed E-state index contributed by atoms with van der Waals surface area (Å²) in [5.41, 5.74) is 0.868. The number of carbonyl (C=O) groups is 1. The maximum absolute atomic E-state index is 12.1. The van der Waals surface area contributed by atoms with Crippen LogP contribution in [0.4, 0.5) is 5.13 Å². The summed E-state index contributed by atoms with van der Waals surface area (Å²) in [5, 5.41) is 3.00. The quantitative estimate of drug-likeness (QED) is 0.751. The SMILES string of the molecule is Cl.O=C(C#Cc1ccccc1)N1CCN(c2nccs2)CC1. The molecule has 4 nitrogen and oxygen atoms in total. The van der Waals surface area contributed by atoms with Gasteiger partial charge in [-0.3, -0.25) is 4.79 Å².